The summed E-state index contributed by atoms with van der Waals surface area (Å²) >= 11 is 6.18. The molecule has 3 heteroatoms. The molecule has 2 rings (SSSR count). The lowest BCUT2D eigenvalue weighted by Gasteiger charge is -2.37. The summed E-state index contributed by atoms with van der Waals surface area (Å²) in [6.07, 6.45) is 2.31. The molecule has 1 fully saturated rings. The Kier molecular flexibility index (Phi) is 4.43. The predicted molar refractivity (Wildman–Crippen MR) is 71.5 cm³/mol. The van der Waals surface area contributed by atoms with Gasteiger partial charge in [0.05, 0.1) is 0 Å². The van der Waals surface area contributed by atoms with Gasteiger partial charge in [0.1, 0.15) is 0 Å². The average molecular weight is 254 g/mol. The molecule has 2 nitrogen and oxygen atoms in total. The van der Waals surface area contributed by atoms with Crippen molar-refractivity contribution in [3.8, 4) is 0 Å². The van der Waals surface area contributed by atoms with Gasteiger partial charge in [0, 0.05) is 24.2 Å². The molecule has 0 heterocycles. The maximum atomic E-state index is 8.95. The Hall–Kier alpha value is -0.570. The SMILES string of the molecule is CC(CO)CNC1CC(c2ccccc2Cl)C1. The Morgan fingerprint density at radius 3 is 2.76 bits per heavy atom. The van der Waals surface area contributed by atoms with Crippen LogP contribution in [0.3, 0.4) is 0 Å². The third kappa shape index (κ3) is 3.21. The summed E-state index contributed by atoms with van der Waals surface area (Å²) in [5.41, 5.74) is 1.28. The number of nitrogens with one attached hydrogen (secondary N) is 1. The second-order valence-corrected chi connectivity index (χ2v) is 5.49. The summed E-state index contributed by atoms with van der Waals surface area (Å²) in [4.78, 5) is 0. The minimum Gasteiger partial charge on any atom is -0.396 e. The predicted octanol–water partition coefficient (Wildman–Crippen LogP) is 2.80. The molecule has 94 valence electrons. The third-order valence-electron chi connectivity index (χ3n) is 3.55. The van der Waals surface area contributed by atoms with Crippen molar-refractivity contribution in [2.75, 3.05) is 13.2 Å². The van der Waals surface area contributed by atoms with Crippen molar-refractivity contribution in [1.29, 1.82) is 0 Å². The molecule has 0 aromatic heterocycles. The molecule has 0 saturated heterocycles. The first-order valence-corrected chi connectivity index (χ1v) is 6.67. The Bertz CT molecular complexity index is 363. The number of halogens is 1. The van der Waals surface area contributed by atoms with Gasteiger partial charge < -0.3 is 10.4 Å². The minimum absolute atomic E-state index is 0.258. The molecule has 17 heavy (non-hydrogen) atoms. The van der Waals surface area contributed by atoms with E-state index in [0.29, 0.717) is 17.9 Å². The topological polar surface area (TPSA) is 32.3 Å². The average Bonchev–Trinajstić information content (AvgIpc) is 2.28. The monoisotopic (exact) mass is 253 g/mol. The Morgan fingerprint density at radius 1 is 1.41 bits per heavy atom. The van der Waals surface area contributed by atoms with Crippen molar-refractivity contribution in [3.63, 3.8) is 0 Å². The van der Waals surface area contributed by atoms with Crippen LogP contribution in [-0.4, -0.2) is 24.3 Å². The van der Waals surface area contributed by atoms with Crippen LogP contribution in [0.1, 0.15) is 31.2 Å². The highest BCUT2D eigenvalue weighted by Gasteiger charge is 2.31. The Morgan fingerprint density at radius 2 is 2.12 bits per heavy atom. The zero-order valence-corrected chi connectivity index (χ0v) is 11.0. The molecule has 0 radical (unpaired) electrons. The highest BCUT2D eigenvalue weighted by Crippen LogP contribution is 2.39. The number of aliphatic hydroxyl groups excluding tert-OH is 1. The fourth-order valence-corrected chi connectivity index (χ4v) is 2.57. The van der Waals surface area contributed by atoms with Crippen molar-refractivity contribution < 1.29 is 5.11 Å². The van der Waals surface area contributed by atoms with Gasteiger partial charge in [0.2, 0.25) is 0 Å². The van der Waals surface area contributed by atoms with Crippen molar-refractivity contribution in [1.82, 2.24) is 5.32 Å². The molecular formula is C14H20ClNO. The molecule has 0 aliphatic heterocycles. The maximum absolute atomic E-state index is 8.95. The molecule has 0 bridgehead atoms. The van der Waals surface area contributed by atoms with E-state index in [1.54, 1.807) is 0 Å². The summed E-state index contributed by atoms with van der Waals surface area (Å²) in [7, 11) is 0. The van der Waals surface area contributed by atoms with E-state index in [9.17, 15) is 0 Å². The van der Waals surface area contributed by atoms with E-state index in [-0.39, 0.29) is 6.61 Å². The Balaban J connectivity index is 1.77. The van der Waals surface area contributed by atoms with E-state index in [0.717, 1.165) is 24.4 Å². The minimum atomic E-state index is 0.258. The zero-order valence-electron chi connectivity index (χ0n) is 10.2. The van der Waals surface area contributed by atoms with Gasteiger partial charge in [-0.15, -0.1) is 0 Å². The van der Waals surface area contributed by atoms with E-state index in [1.807, 2.05) is 12.1 Å². The molecule has 0 spiro atoms. The van der Waals surface area contributed by atoms with Gasteiger partial charge in [-0.3, -0.25) is 0 Å². The number of aliphatic hydroxyl groups is 1. The normalized spacial score (nSPS) is 25.4. The molecule has 1 atom stereocenters. The molecule has 0 amide bonds. The van der Waals surface area contributed by atoms with E-state index in [4.69, 9.17) is 16.7 Å². The first-order valence-electron chi connectivity index (χ1n) is 6.29. The molecule has 1 aromatic carbocycles. The summed E-state index contributed by atoms with van der Waals surface area (Å²) < 4.78 is 0. The molecule has 1 saturated carbocycles. The first kappa shape index (κ1) is 12.9. The lowest BCUT2D eigenvalue weighted by atomic mass is 9.76. The smallest absolute Gasteiger partial charge is 0.0468 e. The van der Waals surface area contributed by atoms with E-state index in [2.05, 4.69) is 24.4 Å². The molecule has 1 aliphatic carbocycles. The standard InChI is InChI=1S/C14H20ClNO/c1-10(9-17)8-16-12-6-11(7-12)13-4-2-3-5-14(13)15/h2-5,10-12,16-17H,6-9H2,1H3. The summed E-state index contributed by atoms with van der Waals surface area (Å²) in [5.74, 6) is 0.944. The third-order valence-corrected chi connectivity index (χ3v) is 3.89. The number of hydrogen-bond acceptors (Lipinski definition) is 2. The van der Waals surface area contributed by atoms with E-state index >= 15 is 0 Å². The van der Waals surface area contributed by atoms with Crippen LogP contribution in [-0.2, 0) is 0 Å². The summed E-state index contributed by atoms with van der Waals surface area (Å²) in [6.45, 7) is 3.21. The van der Waals surface area contributed by atoms with E-state index < -0.39 is 0 Å². The van der Waals surface area contributed by atoms with Gasteiger partial charge in [0.15, 0.2) is 0 Å². The highest BCUT2D eigenvalue weighted by molar-refractivity contribution is 6.31. The summed E-state index contributed by atoms with van der Waals surface area (Å²) in [6, 6.07) is 8.70. The van der Waals surface area contributed by atoms with Crippen molar-refractivity contribution in [3.05, 3.63) is 34.9 Å². The summed E-state index contributed by atoms with van der Waals surface area (Å²) in [5, 5.41) is 13.3. The highest BCUT2D eigenvalue weighted by atomic mass is 35.5. The van der Waals surface area contributed by atoms with Gasteiger partial charge in [-0.25, -0.2) is 0 Å². The Labute approximate surface area is 108 Å². The van der Waals surface area contributed by atoms with Crippen LogP contribution in [0.15, 0.2) is 24.3 Å². The lowest BCUT2D eigenvalue weighted by Crippen LogP contribution is -2.42. The first-order chi connectivity index (χ1) is 8.20. The van der Waals surface area contributed by atoms with Crippen LogP contribution in [0.4, 0.5) is 0 Å². The lowest BCUT2D eigenvalue weighted by molar-refractivity contribution is 0.213. The second kappa shape index (κ2) is 5.85. The van der Waals surface area contributed by atoms with E-state index in [1.165, 1.54) is 5.56 Å². The van der Waals surface area contributed by atoms with Gasteiger partial charge >= 0.3 is 0 Å². The van der Waals surface area contributed by atoms with Gasteiger partial charge in [-0.05, 0) is 36.3 Å². The number of rotatable bonds is 5. The number of benzene rings is 1. The molecule has 2 N–H and O–H groups in total. The van der Waals surface area contributed by atoms with Crippen LogP contribution in [0.2, 0.25) is 5.02 Å². The van der Waals surface area contributed by atoms with Crippen molar-refractivity contribution in [2.45, 2.75) is 31.7 Å². The van der Waals surface area contributed by atoms with Gasteiger partial charge in [-0.1, -0.05) is 36.7 Å². The molecular weight excluding hydrogens is 234 g/mol. The number of hydrogen-bond donors (Lipinski definition) is 2. The molecule has 1 unspecified atom stereocenters. The van der Waals surface area contributed by atoms with Gasteiger partial charge in [-0.2, -0.15) is 0 Å². The van der Waals surface area contributed by atoms with Crippen LogP contribution < -0.4 is 5.32 Å². The van der Waals surface area contributed by atoms with Crippen LogP contribution >= 0.6 is 11.6 Å². The van der Waals surface area contributed by atoms with Crippen molar-refractivity contribution in [2.24, 2.45) is 5.92 Å². The largest absolute Gasteiger partial charge is 0.396 e. The van der Waals surface area contributed by atoms with Crippen LogP contribution in [0.5, 0.6) is 0 Å². The molecule has 1 aliphatic rings. The fourth-order valence-electron chi connectivity index (χ4n) is 2.28. The fraction of sp³-hybridized carbons (Fsp3) is 0.571. The van der Waals surface area contributed by atoms with Gasteiger partial charge in [0.25, 0.3) is 0 Å². The second-order valence-electron chi connectivity index (χ2n) is 5.08. The van der Waals surface area contributed by atoms with Crippen molar-refractivity contribution >= 4 is 11.6 Å². The van der Waals surface area contributed by atoms with Crippen LogP contribution in [0.25, 0.3) is 0 Å². The molecule has 1 aromatic rings. The quantitative estimate of drug-likeness (QED) is 0.846. The van der Waals surface area contributed by atoms with Crippen LogP contribution in [0, 0.1) is 5.92 Å². The maximum Gasteiger partial charge on any atom is 0.0468 e. The zero-order chi connectivity index (χ0) is 12.3.